The van der Waals surface area contributed by atoms with Crippen LogP contribution in [0.3, 0.4) is 0 Å². The van der Waals surface area contributed by atoms with Gasteiger partial charge in [-0.15, -0.1) is 0 Å². The maximum atomic E-state index is 13.1. The van der Waals surface area contributed by atoms with Crippen molar-refractivity contribution in [3.05, 3.63) is 113 Å². The van der Waals surface area contributed by atoms with Crippen molar-refractivity contribution in [2.24, 2.45) is 5.10 Å². The van der Waals surface area contributed by atoms with Gasteiger partial charge in [-0.05, 0) is 53.1 Å². The number of carbonyl (C=O) groups is 1. The summed E-state index contributed by atoms with van der Waals surface area (Å²) in [5.41, 5.74) is 5.65. The normalized spacial score (nSPS) is 11.0. The molecular weight excluding hydrogens is 391 g/mol. The molecule has 4 aromatic carbocycles. The van der Waals surface area contributed by atoms with Crippen LogP contribution < -0.4 is 10.2 Å². The van der Waals surface area contributed by atoms with E-state index in [1.54, 1.807) is 24.4 Å². The highest BCUT2D eigenvalue weighted by Gasteiger charge is 2.10. The summed E-state index contributed by atoms with van der Waals surface area (Å²) in [4.78, 5) is 12.5. The number of hydrogen-bond acceptors (Lipinski definition) is 3. The summed E-state index contributed by atoms with van der Waals surface area (Å²) in [5.74, 6) is 0.0620. The van der Waals surface area contributed by atoms with Crippen LogP contribution in [0, 0.1) is 12.7 Å². The third-order valence-electron chi connectivity index (χ3n) is 4.99. The Bertz CT molecular complexity index is 1250. The Hall–Kier alpha value is -3.99. The van der Waals surface area contributed by atoms with E-state index in [0.29, 0.717) is 11.3 Å². The van der Waals surface area contributed by atoms with Crippen molar-refractivity contribution in [3.63, 3.8) is 0 Å². The van der Waals surface area contributed by atoms with Gasteiger partial charge in [-0.1, -0.05) is 60.7 Å². The van der Waals surface area contributed by atoms with Crippen LogP contribution in [0.5, 0.6) is 5.75 Å². The molecule has 0 aliphatic carbocycles. The Kier molecular flexibility index (Phi) is 6.03. The Morgan fingerprint density at radius 3 is 2.52 bits per heavy atom. The molecule has 0 spiro atoms. The van der Waals surface area contributed by atoms with Crippen LogP contribution in [-0.2, 0) is 6.61 Å². The van der Waals surface area contributed by atoms with Crippen molar-refractivity contribution in [2.45, 2.75) is 13.5 Å². The number of halogens is 1. The number of benzene rings is 4. The van der Waals surface area contributed by atoms with Gasteiger partial charge in [0, 0.05) is 11.1 Å². The summed E-state index contributed by atoms with van der Waals surface area (Å²) in [6.07, 6.45) is 1.60. The first-order valence-electron chi connectivity index (χ1n) is 9.90. The third kappa shape index (κ3) is 4.78. The topological polar surface area (TPSA) is 50.7 Å². The summed E-state index contributed by atoms with van der Waals surface area (Å²) in [6, 6.07) is 25.2. The highest BCUT2D eigenvalue weighted by Crippen LogP contribution is 2.27. The fourth-order valence-corrected chi connectivity index (χ4v) is 3.32. The number of fused-ring (bicyclic) bond motifs is 1. The number of amides is 1. The number of nitrogens with zero attached hydrogens (tertiary/aromatic N) is 1. The molecule has 4 nitrogen and oxygen atoms in total. The molecular formula is C26H21FN2O2. The van der Waals surface area contributed by atoms with E-state index in [4.69, 9.17) is 4.74 Å². The molecule has 0 aliphatic heterocycles. The van der Waals surface area contributed by atoms with Crippen molar-refractivity contribution >= 4 is 22.9 Å². The van der Waals surface area contributed by atoms with Crippen LogP contribution in [0.1, 0.15) is 27.0 Å². The fraction of sp³-hybridized carbons (Fsp3) is 0.0769. The average molecular weight is 412 g/mol. The second-order valence-corrected chi connectivity index (χ2v) is 7.13. The molecule has 0 atom stereocenters. The van der Waals surface area contributed by atoms with E-state index in [-0.39, 0.29) is 18.3 Å². The van der Waals surface area contributed by atoms with Crippen molar-refractivity contribution in [1.29, 1.82) is 0 Å². The van der Waals surface area contributed by atoms with Crippen LogP contribution in [-0.4, -0.2) is 12.1 Å². The number of hydrazone groups is 1. The lowest BCUT2D eigenvalue weighted by Gasteiger charge is -2.12. The van der Waals surface area contributed by atoms with Crippen LogP contribution in [0.4, 0.5) is 4.39 Å². The van der Waals surface area contributed by atoms with Crippen LogP contribution in [0.2, 0.25) is 0 Å². The number of nitrogens with one attached hydrogen (secondary N) is 1. The largest absolute Gasteiger partial charge is 0.488 e. The second-order valence-electron chi connectivity index (χ2n) is 7.13. The van der Waals surface area contributed by atoms with Gasteiger partial charge in [-0.25, -0.2) is 9.82 Å². The Labute approximate surface area is 180 Å². The van der Waals surface area contributed by atoms with Gasteiger partial charge in [-0.2, -0.15) is 5.10 Å². The van der Waals surface area contributed by atoms with Crippen molar-refractivity contribution in [1.82, 2.24) is 5.43 Å². The quantitative estimate of drug-likeness (QED) is 0.330. The highest BCUT2D eigenvalue weighted by atomic mass is 19.1. The van der Waals surface area contributed by atoms with Crippen molar-refractivity contribution in [2.75, 3.05) is 0 Å². The summed E-state index contributed by atoms with van der Waals surface area (Å²) >= 11 is 0. The van der Waals surface area contributed by atoms with E-state index in [9.17, 15) is 9.18 Å². The van der Waals surface area contributed by atoms with Crippen molar-refractivity contribution in [3.8, 4) is 5.75 Å². The van der Waals surface area contributed by atoms with Gasteiger partial charge < -0.3 is 4.74 Å². The van der Waals surface area contributed by atoms with E-state index in [1.807, 2.05) is 61.5 Å². The molecule has 4 aromatic rings. The molecule has 0 heterocycles. The maximum Gasteiger partial charge on any atom is 0.271 e. The van der Waals surface area contributed by atoms with E-state index < -0.39 is 0 Å². The molecule has 1 N–H and O–H groups in total. The number of aryl methyl sites for hydroxylation is 1. The van der Waals surface area contributed by atoms with E-state index >= 15 is 0 Å². The van der Waals surface area contributed by atoms with Crippen molar-refractivity contribution < 1.29 is 13.9 Å². The zero-order valence-corrected chi connectivity index (χ0v) is 17.0. The number of ether oxygens (including phenoxy) is 1. The Balaban J connectivity index is 1.59. The number of carbonyl (C=O) groups excluding carboxylic acids is 1. The first-order valence-corrected chi connectivity index (χ1v) is 9.90. The predicted molar refractivity (Wildman–Crippen MR) is 121 cm³/mol. The summed E-state index contributed by atoms with van der Waals surface area (Å²) in [6.45, 7) is 2.17. The minimum Gasteiger partial charge on any atom is -0.488 e. The fourth-order valence-electron chi connectivity index (χ4n) is 3.32. The van der Waals surface area contributed by atoms with Crippen LogP contribution in [0.15, 0.2) is 90.0 Å². The number of rotatable bonds is 6. The molecule has 0 aliphatic rings. The lowest BCUT2D eigenvalue weighted by atomic mass is 10.0. The van der Waals surface area contributed by atoms with E-state index in [2.05, 4.69) is 10.5 Å². The average Bonchev–Trinajstić information content (AvgIpc) is 2.79. The molecule has 154 valence electrons. The first-order chi connectivity index (χ1) is 15.1. The highest BCUT2D eigenvalue weighted by molar-refractivity contribution is 6.03. The molecule has 1 amide bonds. The van der Waals surface area contributed by atoms with E-state index in [1.165, 1.54) is 12.1 Å². The minimum absolute atomic E-state index is 0.275. The number of hydrogen-bond donors (Lipinski definition) is 1. The van der Waals surface area contributed by atoms with Crippen LogP contribution in [0.25, 0.3) is 10.8 Å². The van der Waals surface area contributed by atoms with Gasteiger partial charge in [-0.3, -0.25) is 4.79 Å². The molecule has 4 rings (SSSR count). The molecule has 0 aromatic heterocycles. The molecule has 0 saturated heterocycles. The molecule has 0 unspecified atom stereocenters. The molecule has 31 heavy (non-hydrogen) atoms. The van der Waals surface area contributed by atoms with Gasteiger partial charge in [0.2, 0.25) is 0 Å². The standard InChI is InChI=1S/C26H21FN2O2/c1-18-6-2-4-8-22(18)26(30)29-28-16-24-23-9-5-3-7-20(23)12-15-25(24)31-17-19-10-13-21(27)14-11-19/h2-16H,17H2,1H3,(H,29,30)/b28-16+. The first kappa shape index (κ1) is 20.3. The zero-order chi connectivity index (χ0) is 21.6. The van der Waals surface area contributed by atoms with Gasteiger partial charge in [0.05, 0.1) is 6.21 Å². The molecule has 0 fully saturated rings. The summed E-state index contributed by atoms with van der Waals surface area (Å²) in [5, 5.41) is 6.16. The molecule has 0 saturated carbocycles. The molecule has 5 heteroatoms. The van der Waals surface area contributed by atoms with Gasteiger partial charge in [0.25, 0.3) is 5.91 Å². The van der Waals surface area contributed by atoms with Gasteiger partial charge in [0.15, 0.2) is 0 Å². The van der Waals surface area contributed by atoms with Crippen LogP contribution >= 0.6 is 0 Å². The van der Waals surface area contributed by atoms with E-state index in [0.717, 1.165) is 27.5 Å². The zero-order valence-electron chi connectivity index (χ0n) is 17.0. The van der Waals surface area contributed by atoms with Gasteiger partial charge >= 0.3 is 0 Å². The molecule has 0 radical (unpaired) electrons. The predicted octanol–water partition coefficient (Wildman–Crippen LogP) is 5.63. The minimum atomic E-state index is -0.285. The second kappa shape index (κ2) is 9.22. The lowest BCUT2D eigenvalue weighted by Crippen LogP contribution is -2.18. The Morgan fingerprint density at radius 2 is 1.71 bits per heavy atom. The summed E-state index contributed by atoms with van der Waals surface area (Å²) < 4.78 is 19.2. The Morgan fingerprint density at radius 1 is 0.968 bits per heavy atom. The summed E-state index contributed by atoms with van der Waals surface area (Å²) in [7, 11) is 0. The lowest BCUT2D eigenvalue weighted by molar-refractivity contribution is 0.0954. The maximum absolute atomic E-state index is 13.1. The van der Waals surface area contributed by atoms with Gasteiger partial charge in [0.1, 0.15) is 18.2 Å². The SMILES string of the molecule is Cc1ccccc1C(=O)N/N=C/c1c(OCc2ccc(F)cc2)ccc2ccccc12. The molecule has 0 bridgehead atoms. The smallest absolute Gasteiger partial charge is 0.271 e. The monoisotopic (exact) mass is 412 g/mol. The third-order valence-corrected chi connectivity index (χ3v) is 4.99.